The minimum Gasteiger partial charge on any atom is -0.489 e. The number of nitrogens with one attached hydrogen (secondary N) is 1. The van der Waals surface area contributed by atoms with Crippen LogP contribution in [0, 0.1) is 0 Å². The Morgan fingerprint density at radius 2 is 1.70 bits per heavy atom. The average molecular weight is 549 g/mol. The molecule has 1 unspecified atom stereocenters. The predicted molar refractivity (Wildman–Crippen MR) is 137 cm³/mol. The summed E-state index contributed by atoms with van der Waals surface area (Å²) >= 11 is 0. The summed E-state index contributed by atoms with van der Waals surface area (Å²) in [5.74, 6) is -0.713. The van der Waals surface area contributed by atoms with E-state index in [0.717, 1.165) is 22.7 Å². The molecule has 1 aromatic heterocycles. The quantitative estimate of drug-likeness (QED) is 0.381. The molecule has 13 heteroatoms. The highest BCUT2D eigenvalue weighted by atomic mass is 32.2. The van der Waals surface area contributed by atoms with Crippen LogP contribution in [0.4, 0.5) is 0 Å². The van der Waals surface area contributed by atoms with Gasteiger partial charge in [0.25, 0.3) is 0 Å². The van der Waals surface area contributed by atoms with E-state index in [-0.39, 0.29) is 44.2 Å². The highest BCUT2D eigenvalue weighted by Gasteiger charge is 2.32. The molecule has 198 valence electrons. The lowest BCUT2D eigenvalue weighted by Crippen LogP contribution is -2.56. The van der Waals surface area contributed by atoms with Gasteiger partial charge in [-0.05, 0) is 36.4 Å². The molecule has 0 radical (unpaired) electrons. The molecule has 1 aliphatic rings. The number of sulfonamides is 2. The van der Waals surface area contributed by atoms with Gasteiger partial charge in [0.1, 0.15) is 18.4 Å². The number of aromatic nitrogens is 1. The summed E-state index contributed by atoms with van der Waals surface area (Å²) in [7, 11) is -7.35. The van der Waals surface area contributed by atoms with Crippen LogP contribution in [0.1, 0.15) is 5.56 Å². The zero-order chi connectivity index (χ0) is 26.6. The van der Waals surface area contributed by atoms with Crippen molar-refractivity contribution in [2.45, 2.75) is 17.5 Å². The maximum absolute atomic E-state index is 12.8. The molecular weight excluding hydrogens is 520 g/mol. The fraction of sp³-hybridized carbons (Fsp3) is 0.333. The molecule has 2 N–H and O–H groups in total. The summed E-state index contributed by atoms with van der Waals surface area (Å²) in [6.07, 6.45) is 2.81. The summed E-state index contributed by atoms with van der Waals surface area (Å²) < 4.78 is 58.5. The third-order valence-electron chi connectivity index (χ3n) is 6.20. The molecule has 1 atom stereocenters. The van der Waals surface area contributed by atoms with E-state index in [0.29, 0.717) is 5.75 Å². The number of nitrogens with zero attached hydrogens (tertiary/aromatic N) is 3. The van der Waals surface area contributed by atoms with Crippen molar-refractivity contribution in [1.82, 2.24) is 18.9 Å². The second-order valence-corrected chi connectivity index (χ2v) is 12.4. The lowest BCUT2D eigenvalue weighted by molar-refractivity contribution is -0.143. The first-order chi connectivity index (χ1) is 17.5. The third kappa shape index (κ3) is 6.62. The largest absolute Gasteiger partial charge is 0.489 e. The summed E-state index contributed by atoms with van der Waals surface area (Å²) in [6, 6.07) is 14.3. The number of ether oxygens (including phenoxy) is 1. The summed E-state index contributed by atoms with van der Waals surface area (Å²) in [5, 5.41) is 10.6. The smallest absolute Gasteiger partial charge is 0.322 e. The maximum atomic E-state index is 12.8. The highest BCUT2D eigenvalue weighted by Crippen LogP contribution is 2.21. The number of carbonyl (C=O) groups is 1. The Kier molecular flexibility index (Phi) is 8.09. The molecule has 4 rings (SSSR count). The Labute approximate surface area is 215 Å². The number of hydrogen-bond donors (Lipinski definition) is 2. The van der Waals surface area contributed by atoms with Crippen LogP contribution < -0.4 is 9.46 Å². The van der Waals surface area contributed by atoms with E-state index in [1.54, 1.807) is 11.1 Å². The van der Waals surface area contributed by atoms with Gasteiger partial charge < -0.3 is 9.84 Å². The van der Waals surface area contributed by atoms with Crippen molar-refractivity contribution in [3.63, 3.8) is 0 Å². The molecular formula is C24H28N4O7S2. The van der Waals surface area contributed by atoms with Crippen molar-refractivity contribution in [2.75, 3.05) is 39.0 Å². The number of para-hydroxylation sites is 1. The van der Waals surface area contributed by atoms with Gasteiger partial charge >= 0.3 is 5.97 Å². The van der Waals surface area contributed by atoms with Crippen LogP contribution in [0.2, 0.25) is 0 Å². The predicted octanol–water partition coefficient (Wildman–Crippen LogP) is 1.12. The Morgan fingerprint density at radius 3 is 2.35 bits per heavy atom. The SMILES string of the molecule is CS(=O)(=O)N1CCN(C(CNS(=O)(=O)c2ccc(OCc3ccnc4ccccc34)cc2)C(=O)O)CC1. The van der Waals surface area contributed by atoms with Gasteiger partial charge in [-0.3, -0.25) is 14.7 Å². The molecule has 1 aliphatic heterocycles. The van der Waals surface area contributed by atoms with Crippen LogP contribution in [0.25, 0.3) is 10.9 Å². The van der Waals surface area contributed by atoms with Crippen LogP contribution in [0.15, 0.2) is 65.7 Å². The van der Waals surface area contributed by atoms with Crippen LogP contribution >= 0.6 is 0 Å². The Balaban J connectivity index is 1.36. The van der Waals surface area contributed by atoms with E-state index in [2.05, 4.69) is 9.71 Å². The molecule has 11 nitrogen and oxygen atoms in total. The fourth-order valence-corrected chi connectivity index (χ4v) is 6.01. The molecule has 0 amide bonds. The van der Waals surface area contributed by atoms with Crippen molar-refractivity contribution >= 4 is 36.9 Å². The standard InChI is InChI=1S/C24H28N4O7S2/c1-36(31,32)28-14-12-27(13-15-28)23(24(29)30)16-26-37(33,34)20-8-6-19(7-9-20)35-17-18-10-11-25-22-5-3-2-4-21(18)22/h2-11,23,26H,12-17H2,1H3,(H,29,30). The van der Waals surface area contributed by atoms with E-state index < -0.39 is 32.1 Å². The Morgan fingerprint density at radius 1 is 1.03 bits per heavy atom. The topological polar surface area (TPSA) is 146 Å². The van der Waals surface area contributed by atoms with Gasteiger partial charge in [0.05, 0.1) is 16.7 Å². The first kappa shape index (κ1) is 26.9. The second kappa shape index (κ2) is 11.1. The first-order valence-corrected chi connectivity index (χ1v) is 14.8. The normalized spacial score (nSPS) is 16.5. The van der Waals surface area contributed by atoms with Crippen LogP contribution in [0.3, 0.4) is 0 Å². The molecule has 2 aromatic carbocycles. The second-order valence-electron chi connectivity index (χ2n) is 8.65. The van der Waals surface area contributed by atoms with Gasteiger partial charge in [0.15, 0.2) is 0 Å². The third-order valence-corrected chi connectivity index (χ3v) is 8.95. The molecule has 0 aliphatic carbocycles. The van der Waals surface area contributed by atoms with E-state index >= 15 is 0 Å². The number of piperazine rings is 1. The number of aliphatic carboxylic acids is 1. The maximum Gasteiger partial charge on any atom is 0.322 e. The number of carboxylic acid groups (broad SMARTS) is 1. The number of hydrogen-bond acceptors (Lipinski definition) is 8. The molecule has 2 heterocycles. The van der Waals surface area contributed by atoms with Gasteiger partial charge in [-0.25, -0.2) is 21.6 Å². The number of carboxylic acids is 1. The summed E-state index contributed by atoms with van der Waals surface area (Å²) in [6.45, 7) is 0.581. The van der Waals surface area contributed by atoms with E-state index in [4.69, 9.17) is 4.74 Å². The zero-order valence-electron chi connectivity index (χ0n) is 20.1. The Bertz CT molecular complexity index is 1470. The molecule has 0 spiro atoms. The number of rotatable bonds is 10. The molecule has 1 fully saturated rings. The number of pyridine rings is 1. The van der Waals surface area contributed by atoms with Crippen LogP contribution in [0.5, 0.6) is 5.75 Å². The van der Waals surface area contributed by atoms with Crippen LogP contribution in [-0.4, -0.2) is 87.1 Å². The lowest BCUT2D eigenvalue weighted by atomic mass is 10.1. The van der Waals surface area contributed by atoms with Crippen molar-refractivity contribution in [2.24, 2.45) is 0 Å². The monoisotopic (exact) mass is 548 g/mol. The van der Waals surface area contributed by atoms with Gasteiger partial charge in [0, 0.05) is 49.9 Å². The number of fused-ring (bicyclic) bond motifs is 1. The highest BCUT2D eigenvalue weighted by molar-refractivity contribution is 7.89. The van der Waals surface area contributed by atoms with Crippen molar-refractivity contribution < 1.29 is 31.5 Å². The summed E-state index contributed by atoms with van der Waals surface area (Å²) in [5.41, 5.74) is 1.80. The minimum atomic E-state index is -3.98. The van der Waals surface area contributed by atoms with Gasteiger partial charge in [-0.15, -0.1) is 0 Å². The molecule has 0 saturated carbocycles. The summed E-state index contributed by atoms with van der Waals surface area (Å²) in [4.78, 5) is 17.7. The number of benzene rings is 2. The van der Waals surface area contributed by atoms with Gasteiger partial charge in [0.2, 0.25) is 20.0 Å². The van der Waals surface area contributed by atoms with E-state index in [1.807, 2.05) is 30.3 Å². The molecule has 0 bridgehead atoms. The Hall–Kier alpha value is -3.10. The average Bonchev–Trinajstić information content (AvgIpc) is 2.87. The first-order valence-electron chi connectivity index (χ1n) is 11.5. The molecule has 1 saturated heterocycles. The lowest BCUT2D eigenvalue weighted by Gasteiger charge is -2.36. The van der Waals surface area contributed by atoms with Crippen molar-refractivity contribution in [1.29, 1.82) is 0 Å². The minimum absolute atomic E-state index is 0.0276. The van der Waals surface area contributed by atoms with E-state index in [1.165, 1.54) is 28.6 Å². The van der Waals surface area contributed by atoms with Gasteiger partial charge in [-0.1, -0.05) is 18.2 Å². The van der Waals surface area contributed by atoms with Gasteiger partial charge in [-0.2, -0.15) is 4.31 Å². The fourth-order valence-electron chi connectivity index (χ4n) is 4.15. The molecule has 37 heavy (non-hydrogen) atoms. The van der Waals surface area contributed by atoms with Crippen molar-refractivity contribution in [3.8, 4) is 5.75 Å². The molecule has 3 aromatic rings. The van der Waals surface area contributed by atoms with Crippen LogP contribution in [-0.2, 0) is 31.4 Å². The zero-order valence-corrected chi connectivity index (χ0v) is 21.8. The van der Waals surface area contributed by atoms with Crippen molar-refractivity contribution in [3.05, 3.63) is 66.4 Å². The van der Waals surface area contributed by atoms with E-state index in [9.17, 15) is 26.7 Å².